The quantitative estimate of drug-likeness (QED) is 0.475. The van der Waals surface area contributed by atoms with E-state index in [9.17, 15) is 14.4 Å². The molecule has 1 fully saturated rings. The van der Waals surface area contributed by atoms with E-state index in [0.717, 1.165) is 18.9 Å². The van der Waals surface area contributed by atoms with Crippen LogP contribution in [0.3, 0.4) is 0 Å². The van der Waals surface area contributed by atoms with Crippen molar-refractivity contribution in [1.82, 2.24) is 10.3 Å². The van der Waals surface area contributed by atoms with Crippen molar-refractivity contribution in [2.45, 2.75) is 31.8 Å². The normalized spacial score (nSPS) is 14.7. The van der Waals surface area contributed by atoms with Gasteiger partial charge in [-0.15, -0.1) is 0 Å². The Morgan fingerprint density at radius 1 is 1.26 bits per heavy atom. The Hall–Kier alpha value is -3.74. The van der Waals surface area contributed by atoms with Crippen molar-refractivity contribution in [3.63, 3.8) is 0 Å². The molecular formula is C21H24FN5O4. The Kier molecular flexibility index (Phi) is 6.65. The average Bonchev–Trinajstić information content (AvgIpc) is 3.58. The van der Waals surface area contributed by atoms with Crippen LogP contribution < -0.4 is 25.4 Å². The molecule has 4 N–H and O–H groups in total. The predicted octanol–water partition coefficient (Wildman–Crippen LogP) is 3.70. The van der Waals surface area contributed by atoms with Gasteiger partial charge in [0, 0.05) is 17.8 Å². The molecule has 2 atom stereocenters. The zero-order valence-corrected chi connectivity index (χ0v) is 17.4. The molecule has 0 saturated heterocycles. The number of benzene rings is 1. The van der Waals surface area contributed by atoms with Crippen LogP contribution in [0.5, 0.6) is 11.5 Å². The molecule has 3 rings (SSSR count). The summed E-state index contributed by atoms with van der Waals surface area (Å²) in [6, 6.07) is 7.32. The zero-order chi connectivity index (χ0) is 22.5. The number of carbonyl (C=O) groups is 1. The van der Waals surface area contributed by atoms with E-state index in [1.807, 2.05) is 6.07 Å². The third-order valence-electron chi connectivity index (χ3n) is 5.07. The van der Waals surface area contributed by atoms with Crippen LogP contribution in [0.25, 0.3) is 0 Å². The number of halogens is 1. The van der Waals surface area contributed by atoms with Gasteiger partial charge >= 0.3 is 6.09 Å². The first-order chi connectivity index (χ1) is 14.9. The van der Waals surface area contributed by atoms with Gasteiger partial charge in [-0.2, -0.15) is 5.26 Å². The fraction of sp³-hybridized carbons (Fsp3) is 0.381. The molecule has 0 aliphatic heterocycles. The first-order valence-electron chi connectivity index (χ1n) is 9.72. The molecule has 9 nitrogen and oxygen atoms in total. The summed E-state index contributed by atoms with van der Waals surface area (Å²) in [5, 5.41) is 26.9. The standard InChI is InChI=1S/C21H24FN5O4/c1-11(24-21(28)29)18(12-4-5-12)26-20-15(22)8-13(10-23)19(27-20)25-14-6-7-16(30-2)17(9-14)31-3/h6-9,11-12,18,24H,4-5H2,1-3H3,(H,28,29)(H2,25,26,27)/t11-,18-/m0/s1. The molecule has 1 aliphatic carbocycles. The summed E-state index contributed by atoms with van der Waals surface area (Å²) in [5.41, 5.74) is 0.594. The summed E-state index contributed by atoms with van der Waals surface area (Å²) < 4.78 is 25.2. The maximum atomic E-state index is 14.7. The lowest BCUT2D eigenvalue weighted by Crippen LogP contribution is -2.45. The van der Waals surface area contributed by atoms with E-state index in [2.05, 4.69) is 20.9 Å². The minimum Gasteiger partial charge on any atom is -0.493 e. The Morgan fingerprint density at radius 2 is 1.97 bits per heavy atom. The highest BCUT2D eigenvalue weighted by Gasteiger charge is 2.36. The van der Waals surface area contributed by atoms with Gasteiger partial charge in [0.05, 0.1) is 25.8 Å². The minimum atomic E-state index is -1.15. The maximum Gasteiger partial charge on any atom is 0.404 e. The molecule has 1 amide bonds. The number of ether oxygens (including phenoxy) is 2. The molecule has 164 valence electrons. The number of hydrogen-bond donors (Lipinski definition) is 4. The third kappa shape index (κ3) is 5.25. The number of amides is 1. The molecule has 0 unspecified atom stereocenters. The molecule has 1 aliphatic rings. The fourth-order valence-corrected chi connectivity index (χ4v) is 3.37. The lowest BCUT2D eigenvalue weighted by molar-refractivity contribution is 0.188. The summed E-state index contributed by atoms with van der Waals surface area (Å²) in [6.45, 7) is 1.72. The molecule has 10 heteroatoms. The summed E-state index contributed by atoms with van der Waals surface area (Å²) in [5.74, 6) is 0.637. The van der Waals surface area contributed by atoms with Crippen LogP contribution in [-0.4, -0.2) is 42.5 Å². The molecule has 2 aromatic rings. The van der Waals surface area contributed by atoms with Crippen molar-refractivity contribution in [1.29, 1.82) is 5.26 Å². The number of aromatic nitrogens is 1. The molecule has 1 aromatic carbocycles. The monoisotopic (exact) mass is 429 g/mol. The molecule has 0 radical (unpaired) electrons. The number of nitrogens with one attached hydrogen (secondary N) is 3. The predicted molar refractivity (Wildman–Crippen MR) is 112 cm³/mol. The van der Waals surface area contributed by atoms with E-state index in [4.69, 9.17) is 14.6 Å². The second-order valence-corrected chi connectivity index (χ2v) is 7.27. The highest BCUT2D eigenvalue weighted by Crippen LogP contribution is 2.37. The largest absolute Gasteiger partial charge is 0.493 e. The minimum absolute atomic E-state index is 0.0255. The van der Waals surface area contributed by atoms with Gasteiger partial charge in [0.1, 0.15) is 6.07 Å². The lowest BCUT2D eigenvalue weighted by atomic mass is 10.0. The number of anilines is 3. The highest BCUT2D eigenvalue weighted by atomic mass is 19.1. The summed E-state index contributed by atoms with van der Waals surface area (Å²) in [7, 11) is 3.03. The molecule has 0 spiro atoms. The molecule has 1 saturated carbocycles. The van der Waals surface area contributed by atoms with Crippen LogP contribution in [-0.2, 0) is 0 Å². The Bertz CT molecular complexity index is 1010. The number of carboxylic acid groups (broad SMARTS) is 1. The smallest absolute Gasteiger partial charge is 0.404 e. The number of nitriles is 1. The van der Waals surface area contributed by atoms with Gasteiger partial charge in [-0.3, -0.25) is 0 Å². The summed E-state index contributed by atoms with van der Waals surface area (Å²) >= 11 is 0. The average molecular weight is 429 g/mol. The molecule has 31 heavy (non-hydrogen) atoms. The molecule has 0 bridgehead atoms. The maximum absolute atomic E-state index is 14.7. The first-order valence-corrected chi connectivity index (χ1v) is 9.72. The van der Waals surface area contributed by atoms with Crippen LogP contribution >= 0.6 is 0 Å². The Balaban J connectivity index is 1.89. The van der Waals surface area contributed by atoms with E-state index in [1.165, 1.54) is 14.2 Å². The third-order valence-corrected chi connectivity index (χ3v) is 5.07. The number of rotatable bonds is 9. The topological polar surface area (TPSA) is 129 Å². The molecule has 1 heterocycles. The number of methoxy groups -OCH3 is 2. The molecular weight excluding hydrogens is 405 g/mol. The van der Waals surface area contributed by atoms with Gasteiger partial charge in [-0.1, -0.05) is 0 Å². The van der Waals surface area contributed by atoms with E-state index >= 15 is 0 Å². The summed E-state index contributed by atoms with van der Waals surface area (Å²) in [6.07, 6.45) is 0.680. The van der Waals surface area contributed by atoms with Crippen molar-refractivity contribution in [2.75, 3.05) is 24.9 Å². The second kappa shape index (κ2) is 9.38. The van der Waals surface area contributed by atoms with Crippen molar-refractivity contribution < 1.29 is 23.8 Å². The SMILES string of the molecule is COc1ccc(Nc2nc(N[C@H](C3CC3)[C@H](C)NC(=O)O)c(F)cc2C#N)cc1OC. The van der Waals surface area contributed by atoms with Gasteiger partial charge < -0.3 is 30.5 Å². The van der Waals surface area contributed by atoms with Crippen LogP contribution in [0.15, 0.2) is 24.3 Å². The highest BCUT2D eigenvalue weighted by molar-refractivity contribution is 5.68. The summed E-state index contributed by atoms with van der Waals surface area (Å²) in [4.78, 5) is 15.3. The van der Waals surface area contributed by atoms with Crippen molar-refractivity contribution in [3.05, 3.63) is 35.6 Å². The van der Waals surface area contributed by atoms with Gasteiger partial charge in [-0.25, -0.2) is 14.2 Å². The van der Waals surface area contributed by atoms with E-state index in [0.29, 0.717) is 17.2 Å². The van der Waals surface area contributed by atoms with Gasteiger partial charge in [0.15, 0.2) is 29.0 Å². The Labute approximate surface area is 179 Å². The van der Waals surface area contributed by atoms with Crippen LogP contribution in [0, 0.1) is 23.1 Å². The fourth-order valence-electron chi connectivity index (χ4n) is 3.37. The second-order valence-electron chi connectivity index (χ2n) is 7.27. The van der Waals surface area contributed by atoms with E-state index in [-0.39, 0.29) is 29.2 Å². The lowest BCUT2D eigenvalue weighted by Gasteiger charge is -2.26. The van der Waals surface area contributed by atoms with Crippen LogP contribution in [0.4, 0.5) is 26.5 Å². The zero-order valence-electron chi connectivity index (χ0n) is 17.4. The van der Waals surface area contributed by atoms with E-state index < -0.39 is 18.0 Å². The van der Waals surface area contributed by atoms with Crippen LogP contribution in [0.1, 0.15) is 25.3 Å². The molecule has 1 aromatic heterocycles. The van der Waals surface area contributed by atoms with Gasteiger partial charge in [0.25, 0.3) is 0 Å². The van der Waals surface area contributed by atoms with E-state index in [1.54, 1.807) is 25.1 Å². The number of pyridine rings is 1. The number of hydrogen-bond acceptors (Lipinski definition) is 7. The van der Waals surface area contributed by atoms with Crippen molar-refractivity contribution in [2.24, 2.45) is 5.92 Å². The number of nitrogens with zero attached hydrogens (tertiary/aromatic N) is 2. The Morgan fingerprint density at radius 3 is 2.55 bits per heavy atom. The van der Waals surface area contributed by atoms with Crippen molar-refractivity contribution >= 4 is 23.4 Å². The van der Waals surface area contributed by atoms with Gasteiger partial charge in [-0.05, 0) is 43.9 Å². The van der Waals surface area contributed by atoms with Crippen molar-refractivity contribution in [3.8, 4) is 17.6 Å². The van der Waals surface area contributed by atoms with Gasteiger partial charge in [0.2, 0.25) is 0 Å². The first kappa shape index (κ1) is 22.0. The van der Waals surface area contributed by atoms with Crippen LogP contribution in [0.2, 0.25) is 0 Å².